The first-order valence-electron chi connectivity index (χ1n) is 10.1. The molecule has 2 aromatic carbocycles. The topological polar surface area (TPSA) is 58.1 Å². The van der Waals surface area contributed by atoms with Gasteiger partial charge in [-0.2, -0.15) is 0 Å². The molecule has 6 heteroatoms. The highest BCUT2D eigenvalue weighted by Crippen LogP contribution is 2.25. The Hall–Kier alpha value is -2.86. The number of thioether (sulfide) groups is 1. The van der Waals surface area contributed by atoms with Crippen molar-refractivity contribution in [3.63, 3.8) is 0 Å². The molecule has 0 saturated carbocycles. The number of hydrogen-bond acceptors (Lipinski definition) is 5. The summed E-state index contributed by atoms with van der Waals surface area (Å²) in [6.07, 6.45) is 2.79. The summed E-state index contributed by atoms with van der Waals surface area (Å²) in [5, 5.41) is 3.66. The lowest BCUT2D eigenvalue weighted by atomic mass is 10.00. The van der Waals surface area contributed by atoms with Gasteiger partial charge in [0.1, 0.15) is 5.82 Å². The maximum atomic E-state index is 12.5. The predicted molar refractivity (Wildman–Crippen MR) is 123 cm³/mol. The van der Waals surface area contributed by atoms with Crippen molar-refractivity contribution < 1.29 is 4.79 Å². The predicted octanol–water partition coefficient (Wildman–Crippen LogP) is 4.70. The lowest BCUT2D eigenvalue weighted by Crippen LogP contribution is -2.31. The maximum absolute atomic E-state index is 12.5. The van der Waals surface area contributed by atoms with Crippen LogP contribution in [0.1, 0.15) is 27.8 Å². The summed E-state index contributed by atoms with van der Waals surface area (Å²) in [6.45, 7) is 7.89. The highest BCUT2D eigenvalue weighted by atomic mass is 32.2. The summed E-state index contributed by atoms with van der Waals surface area (Å²) in [5.74, 6) is 1.14. The van der Waals surface area contributed by atoms with E-state index >= 15 is 0 Å². The van der Waals surface area contributed by atoms with Gasteiger partial charge in [-0.15, -0.1) is 0 Å². The molecule has 1 aliphatic heterocycles. The number of nitrogens with one attached hydrogen (secondary N) is 1. The second-order valence-corrected chi connectivity index (χ2v) is 8.69. The van der Waals surface area contributed by atoms with Gasteiger partial charge in [-0.05, 0) is 55.5 Å². The Kier molecular flexibility index (Phi) is 6.04. The van der Waals surface area contributed by atoms with Crippen molar-refractivity contribution in [3.05, 3.63) is 76.5 Å². The van der Waals surface area contributed by atoms with Gasteiger partial charge in [0.25, 0.3) is 0 Å². The van der Waals surface area contributed by atoms with E-state index in [1.54, 1.807) is 6.20 Å². The highest BCUT2D eigenvalue weighted by Gasteiger charge is 2.18. The molecule has 0 saturated heterocycles. The summed E-state index contributed by atoms with van der Waals surface area (Å²) < 4.78 is 0. The Bertz CT molecular complexity index is 1060. The third kappa shape index (κ3) is 4.65. The fraction of sp³-hybridized carbons (Fsp3) is 0.292. The van der Waals surface area contributed by atoms with E-state index < -0.39 is 0 Å². The number of carbonyl (C=O) groups is 1. The summed E-state index contributed by atoms with van der Waals surface area (Å²) in [5.41, 5.74) is 7.01. The van der Waals surface area contributed by atoms with Crippen LogP contribution in [0.4, 0.5) is 11.5 Å². The van der Waals surface area contributed by atoms with E-state index in [1.165, 1.54) is 28.5 Å². The van der Waals surface area contributed by atoms with Crippen LogP contribution in [0.3, 0.4) is 0 Å². The molecule has 0 aliphatic carbocycles. The molecule has 3 aromatic rings. The number of aryl methyl sites for hydroxylation is 3. The van der Waals surface area contributed by atoms with Crippen LogP contribution >= 0.6 is 11.8 Å². The van der Waals surface area contributed by atoms with Crippen LogP contribution in [0.25, 0.3) is 0 Å². The second kappa shape index (κ2) is 8.88. The standard InChI is InChI=1S/C24H26N4OS/c1-16-12-17(2)23(18(3)13-16)27-22(29)15-30-24-25-10-8-21(26-24)28-11-9-19-6-4-5-7-20(19)14-28/h4-8,10,12-13H,9,11,14-15H2,1-3H3,(H,27,29). The number of hydrogen-bond donors (Lipinski definition) is 1. The van der Waals surface area contributed by atoms with Gasteiger partial charge in [0.15, 0.2) is 5.16 Å². The molecule has 5 nitrogen and oxygen atoms in total. The van der Waals surface area contributed by atoms with Gasteiger partial charge in [0.05, 0.1) is 5.75 Å². The maximum Gasteiger partial charge on any atom is 0.234 e. The lowest BCUT2D eigenvalue weighted by molar-refractivity contribution is -0.113. The van der Waals surface area contributed by atoms with Gasteiger partial charge < -0.3 is 10.2 Å². The molecule has 1 aromatic heterocycles. The summed E-state index contributed by atoms with van der Waals surface area (Å²) in [6, 6.07) is 14.7. The molecular formula is C24H26N4OS. The quantitative estimate of drug-likeness (QED) is 0.481. The molecular weight excluding hydrogens is 392 g/mol. The molecule has 0 atom stereocenters. The van der Waals surface area contributed by atoms with Crippen LogP contribution in [0.2, 0.25) is 0 Å². The monoisotopic (exact) mass is 418 g/mol. The number of nitrogens with zero attached hydrogens (tertiary/aromatic N) is 3. The van der Waals surface area contributed by atoms with Crippen LogP contribution in [0.5, 0.6) is 0 Å². The number of amides is 1. The summed E-state index contributed by atoms with van der Waals surface area (Å²) in [7, 11) is 0. The summed E-state index contributed by atoms with van der Waals surface area (Å²) >= 11 is 1.37. The van der Waals surface area contributed by atoms with Crippen molar-refractivity contribution >= 4 is 29.2 Å². The van der Waals surface area contributed by atoms with Crippen molar-refractivity contribution in [3.8, 4) is 0 Å². The number of aromatic nitrogens is 2. The zero-order valence-corrected chi connectivity index (χ0v) is 18.4. The van der Waals surface area contributed by atoms with Gasteiger partial charge in [0.2, 0.25) is 5.91 Å². The van der Waals surface area contributed by atoms with Crippen LogP contribution in [0.15, 0.2) is 53.8 Å². The first kappa shape index (κ1) is 20.4. The van der Waals surface area contributed by atoms with E-state index in [9.17, 15) is 4.79 Å². The number of anilines is 2. The first-order chi connectivity index (χ1) is 14.5. The van der Waals surface area contributed by atoms with Crippen molar-refractivity contribution in [2.75, 3.05) is 22.5 Å². The van der Waals surface area contributed by atoms with E-state index in [0.717, 1.165) is 42.1 Å². The van der Waals surface area contributed by atoms with Crippen LogP contribution < -0.4 is 10.2 Å². The van der Waals surface area contributed by atoms with Gasteiger partial charge in [-0.25, -0.2) is 9.97 Å². The van der Waals surface area contributed by atoms with Gasteiger partial charge >= 0.3 is 0 Å². The molecule has 0 unspecified atom stereocenters. The fourth-order valence-electron chi connectivity index (χ4n) is 3.95. The molecule has 2 heterocycles. The van der Waals surface area contributed by atoms with Crippen LogP contribution in [0, 0.1) is 20.8 Å². The third-order valence-corrected chi connectivity index (χ3v) is 6.21. The molecule has 1 aliphatic rings. The van der Waals surface area contributed by atoms with Crippen molar-refractivity contribution in [2.24, 2.45) is 0 Å². The van der Waals surface area contributed by atoms with E-state index in [0.29, 0.717) is 5.16 Å². The van der Waals surface area contributed by atoms with Gasteiger partial charge in [0, 0.05) is 25.0 Å². The van der Waals surface area contributed by atoms with Crippen molar-refractivity contribution in [1.82, 2.24) is 9.97 Å². The average molecular weight is 419 g/mol. The largest absolute Gasteiger partial charge is 0.352 e. The third-order valence-electron chi connectivity index (χ3n) is 5.35. The number of benzene rings is 2. The smallest absolute Gasteiger partial charge is 0.234 e. The molecule has 4 rings (SSSR count). The molecule has 30 heavy (non-hydrogen) atoms. The van der Waals surface area contributed by atoms with E-state index in [-0.39, 0.29) is 11.7 Å². The minimum atomic E-state index is -0.0454. The molecule has 0 bridgehead atoms. The van der Waals surface area contributed by atoms with Gasteiger partial charge in [-0.1, -0.05) is 53.7 Å². The first-order valence-corrected chi connectivity index (χ1v) is 11.1. The Balaban J connectivity index is 1.39. The Morgan fingerprint density at radius 1 is 1.10 bits per heavy atom. The highest BCUT2D eigenvalue weighted by molar-refractivity contribution is 7.99. The van der Waals surface area contributed by atoms with Crippen molar-refractivity contribution in [2.45, 2.75) is 38.9 Å². The second-order valence-electron chi connectivity index (χ2n) is 7.75. The number of rotatable bonds is 5. The van der Waals surface area contributed by atoms with Crippen LogP contribution in [-0.2, 0) is 17.8 Å². The minimum Gasteiger partial charge on any atom is -0.352 e. The van der Waals surface area contributed by atoms with Crippen LogP contribution in [-0.4, -0.2) is 28.2 Å². The van der Waals surface area contributed by atoms with E-state index in [1.807, 2.05) is 19.9 Å². The molecule has 0 spiro atoms. The minimum absolute atomic E-state index is 0.0454. The molecule has 0 radical (unpaired) electrons. The summed E-state index contributed by atoms with van der Waals surface area (Å²) in [4.78, 5) is 23.8. The average Bonchev–Trinajstić information content (AvgIpc) is 2.74. The Morgan fingerprint density at radius 3 is 2.60 bits per heavy atom. The molecule has 0 fully saturated rings. The molecule has 1 N–H and O–H groups in total. The fourth-order valence-corrected chi connectivity index (χ4v) is 4.58. The SMILES string of the molecule is Cc1cc(C)c(NC(=O)CSc2nccc(N3CCc4ccccc4C3)n2)c(C)c1. The normalized spacial score (nSPS) is 13.1. The molecule has 1 amide bonds. The van der Waals surface area contributed by atoms with Gasteiger partial charge in [-0.3, -0.25) is 4.79 Å². The number of carbonyl (C=O) groups excluding carboxylic acids is 1. The Morgan fingerprint density at radius 2 is 1.83 bits per heavy atom. The lowest BCUT2D eigenvalue weighted by Gasteiger charge is -2.29. The Labute approximate surface area is 181 Å². The van der Waals surface area contributed by atoms with E-state index in [4.69, 9.17) is 4.98 Å². The zero-order chi connectivity index (χ0) is 21.1. The number of fused-ring (bicyclic) bond motifs is 1. The zero-order valence-electron chi connectivity index (χ0n) is 17.6. The van der Waals surface area contributed by atoms with Crippen molar-refractivity contribution in [1.29, 1.82) is 0 Å². The van der Waals surface area contributed by atoms with E-state index in [2.05, 4.69) is 58.5 Å². The molecule has 154 valence electrons.